The van der Waals surface area contributed by atoms with Crippen molar-refractivity contribution < 1.29 is 9.90 Å². The van der Waals surface area contributed by atoms with Crippen LogP contribution in [0, 0.1) is 0 Å². The van der Waals surface area contributed by atoms with Crippen molar-refractivity contribution in [3.8, 4) is 0 Å². The van der Waals surface area contributed by atoms with E-state index >= 15 is 0 Å². The van der Waals surface area contributed by atoms with Crippen molar-refractivity contribution in [1.82, 2.24) is 5.32 Å². The summed E-state index contributed by atoms with van der Waals surface area (Å²) in [5.74, 6) is -0.799. The summed E-state index contributed by atoms with van der Waals surface area (Å²) in [7, 11) is 0. The molecule has 0 aromatic rings. The largest absolute Gasteiger partial charge is 0.480 e. The van der Waals surface area contributed by atoms with E-state index in [0.717, 1.165) is 0 Å². The Morgan fingerprint density at radius 1 is 2.00 bits per heavy atom. The molecule has 1 aliphatic heterocycles. The van der Waals surface area contributed by atoms with Crippen LogP contribution in [-0.4, -0.2) is 27.2 Å². The molecule has 0 aliphatic carbocycles. The Morgan fingerprint density at radius 3 is 2.89 bits per heavy atom. The first-order chi connectivity index (χ1) is 4.20. The average molecular weight is 163 g/mol. The number of rotatable bonds is 1. The predicted molar refractivity (Wildman–Crippen MR) is 39.6 cm³/mol. The number of carboxylic acids is 1. The van der Waals surface area contributed by atoms with Gasteiger partial charge in [0.15, 0.2) is 0 Å². The summed E-state index contributed by atoms with van der Waals surface area (Å²) in [6.45, 7) is 0.457. The molecule has 0 amide bonds. The Labute approximate surface area is 61.8 Å². The molecule has 1 rings (SSSR count). The van der Waals surface area contributed by atoms with Gasteiger partial charge < -0.3 is 10.4 Å². The number of aliphatic carboxylic acids is 1. The van der Waals surface area contributed by atoms with Crippen LogP contribution in [-0.2, 0) is 4.79 Å². The molecule has 0 spiro atoms. The summed E-state index contributed by atoms with van der Waals surface area (Å²) >= 11 is 5.90. The zero-order valence-electron chi connectivity index (χ0n) is 4.46. The van der Waals surface area contributed by atoms with Gasteiger partial charge in [-0.15, -0.1) is 0 Å². The molecule has 0 bridgehead atoms. The highest BCUT2D eigenvalue weighted by Gasteiger charge is 2.25. The highest BCUT2D eigenvalue weighted by molar-refractivity contribution is 8.24. The van der Waals surface area contributed by atoms with Crippen molar-refractivity contribution in [3.63, 3.8) is 0 Å². The SMILES string of the molecule is O=C(O)C1CNC(=S)S1. The minimum Gasteiger partial charge on any atom is -0.480 e. The molecule has 1 atom stereocenters. The molecule has 1 aliphatic rings. The smallest absolute Gasteiger partial charge is 0.318 e. The maximum atomic E-state index is 10.2. The minimum atomic E-state index is -0.799. The van der Waals surface area contributed by atoms with Gasteiger partial charge in [0, 0.05) is 6.54 Å². The summed E-state index contributed by atoms with van der Waals surface area (Å²) in [6, 6.07) is 0. The number of thiocarbonyl (C=S) groups is 1. The van der Waals surface area contributed by atoms with E-state index < -0.39 is 5.97 Å². The van der Waals surface area contributed by atoms with Crippen LogP contribution in [0.4, 0.5) is 0 Å². The Balaban J connectivity index is 2.48. The maximum absolute atomic E-state index is 10.2. The van der Waals surface area contributed by atoms with Crippen LogP contribution < -0.4 is 5.32 Å². The molecule has 0 saturated carbocycles. The van der Waals surface area contributed by atoms with Gasteiger partial charge in [0.25, 0.3) is 0 Å². The first kappa shape index (κ1) is 6.82. The molecule has 9 heavy (non-hydrogen) atoms. The molecular formula is C4H5NO2S2. The van der Waals surface area contributed by atoms with Crippen molar-refractivity contribution >= 4 is 34.3 Å². The van der Waals surface area contributed by atoms with E-state index in [0.29, 0.717) is 10.9 Å². The lowest BCUT2D eigenvalue weighted by molar-refractivity contribution is -0.136. The summed E-state index contributed by atoms with van der Waals surface area (Å²) in [5, 5.41) is 10.8. The van der Waals surface area contributed by atoms with E-state index in [1.165, 1.54) is 11.8 Å². The van der Waals surface area contributed by atoms with Gasteiger partial charge in [-0.1, -0.05) is 24.0 Å². The summed E-state index contributed by atoms with van der Waals surface area (Å²) < 4.78 is 0.586. The summed E-state index contributed by atoms with van der Waals surface area (Å²) in [5.41, 5.74) is 0. The first-order valence-electron chi connectivity index (χ1n) is 2.37. The van der Waals surface area contributed by atoms with Crippen LogP contribution in [0.5, 0.6) is 0 Å². The predicted octanol–water partition coefficient (Wildman–Crippen LogP) is 0.0609. The van der Waals surface area contributed by atoms with Crippen LogP contribution >= 0.6 is 24.0 Å². The summed E-state index contributed by atoms with van der Waals surface area (Å²) in [6.07, 6.45) is 0. The molecule has 2 N–H and O–H groups in total. The molecule has 5 heteroatoms. The number of hydrogen-bond donors (Lipinski definition) is 2. The van der Waals surface area contributed by atoms with Crippen LogP contribution in [0.2, 0.25) is 0 Å². The lowest BCUT2D eigenvalue weighted by Gasteiger charge is -1.94. The first-order valence-corrected chi connectivity index (χ1v) is 3.66. The molecular weight excluding hydrogens is 158 g/mol. The van der Waals surface area contributed by atoms with Crippen LogP contribution in [0.15, 0.2) is 0 Å². The fourth-order valence-corrected chi connectivity index (χ4v) is 1.65. The van der Waals surface area contributed by atoms with Crippen LogP contribution in [0.1, 0.15) is 0 Å². The molecule has 0 radical (unpaired) electrons. The molecule has 1 unspecified atom stereocenters. The van der Waals surface area contributed by atoms with Gasteiger partial charge in [0.1, 0.15) is 9.57 Å². The second kappa shape index (κ2) is 2.53. The number of hydrogen-bond acceptors (Lipinski definition) is 3. The van der Waals surface area contributed by atoms with E-state index in [1.54, 1.807) is 0 Å². The fourth-order valence-electron chi connectivity index (χ4n) is 0.526. The Bertz CT molecular complexity index is 159. The van der Waals surface area contributed by atoms with E-state index in [-0.39, 0.29) is 5.25 Å². The van der Waals surface area contributed by atoms with Gasteiger partial charge in [-0.2, -0.15) is 0 Å². The molecule has 1 fully saturated rings. The molecule has 0 aromatic heterocycles. The molecule has 3 nitrogen and oxygen atoms in total. The Kier molecular flexibility index (Phi) is 1.92. The highest BCUT2D eigenvalue weighted by atomic mass is 32.2. The van der Waals surface area contributed by atoms with E-state index in [4.69, 9.17) is 17.3 Å². The van der Waals surface area contributed by atoms with Crippen LogP contribution in [0.25, 0.3) is 0 Å². The second-order valence-corrected chi connectivity index (χ2v) is 3.49. The lowest BCUT2D eigenvalue weighted by Crippen LogP contribution is -2.21. The molecule has 0 aromatic carbocycles. The van der Waals surface area contributed by atoms with Gasteiger partial charge in [-0.05, 0) is 0 Å². The third-order valence-electron chi connectivity index (χ3n) is 0.957. The van der Waals surface area contributed by atoms with Gasteiger partial charge >= 0.3 is 5.97 Å². The molecule has 50 valence electrons. The van der Waals surface area contributed by atoms with Crippen molar-refractivity contribution in [1.29, 1.82) is 0 Å². The van der Waals surface area contributed by atoms with Gasteiger partial charge in [-0.25, -0.2) is 0 Å². The zero-order chi connectivity index (χ0) is 6.85. The maximum Gasteiger partial charge on any atom is 0.318 e. The minimum absolute atomic E-state index is 0.377. The normalized spacial score (nSPS) is 25.8. The Hall–Kier alpha value is -0.290. The van der Waals surface area contributed by atoms with E-state index in [1.807, 2.05) is 0 Å². The molecule has 1 heterocycles. The van der Waals surface area contributed by atoms with E-state index in [2.05, 4.69) is 5.32 Å². The number of nitrogens with one attached hydrogen (secondary N) is 1. The second-order valence-electron chi connectivity index (χ2n) is 1.61. The quantitative estimate of drug-likeness (QED) is 0.535. The van der Waals surface area contributed by atoms with Crippen molar-refractivity contribution in [2.45, 2.75) is 5.25 Å². The van der Waals surface area contributed by atoms with E-state index in [9.17, 15) is 4.79 Å². The number of thioether (sulfide) groups is 1. The Morgan fingerprint density at radius 2 is 2.67 bits per heavy atom. The third-order valence-corrected chi connectivity index (χ3v) is 2.40. The number of carboxylic acid groups (broad SMARTS) is 1. The summed E-state index contributed by atoms with van der Waals surface area (Å²) in [4.78, 5) is 10.2. The van der Waals surface area contributed by atoms with Crippen LogP contribution in [0.3, 0.4) is 0 Å². The van der Waals surface area contributed by atoms with Crippen molar-refractivity contribution in [2.75, 3.05) is 6.54 Å². The fraction of sp³-hybridized carbons (Fsp3) is 0.500. The standard InChI is InChI=1S/C4H5NO2S2/c6-3(7)2-1-5-4(8)9-2/h2H,1H2,(H,5,8)(H,6,7). The van der Waals surface area contributed by atoms with Crippen molar-refractivity contribution in [2.24, 2.45) is 0 Å². The zero-order valence-corrected chi connectivity index (χ0v) is 6.09. The lowest BCUT2D eigenvalue weighted by atomic mass is 10.4. The third kappa shape index (κ3) is 1.56. The molecule has 1 saturated heterocycles. The topological polar surface area (TPSA) is 49.3 Å². The van der Waals surface area contributed by atoms with Gasteiger partial charge in [-0.3, -0.25) is 4.79 Å². The highest BCUT2D eigenvalue weighted by Crippen LogP contribution is 2.17. The monoisotopic (exact) mass is 163 g/mol. The number of carbonyl (C=O) groups is 1. The van der Waals surface area contributed by atoms with Crippen molar-refractivity contribution in [3.05, 3.63) is 0 Å². The average Bonchev–Trinajstić information content (AvgIpc) is 2.14. The van der Waals surface area contributed by atoms with Gasteiger partial charge in [0.05, 0.1) is 0 Å². The van der Waals surface area contributed by atoms with Gasteiger partial charge in [0.2, 0.25) is 0 Å².